The SMILES string of the molecule is CCn1cc(C(=O)NCc2ccccc2Cl)c(=O)c2cc(S(=O)(=O)N3CCOCC3)ccc21. The number of fused-ring (bicyclic) bond motifs is 1. The lowest BCUT2D eigenvalue weighted by Crippen LogP contribution is -2.40. The van der Waals surface area contributed by atoms with E-state index in [4.69, 9.17) is 16.3 Å². The molecule has 0 aliphatic carbocycles. The minimum absolute atomic E-state index is 0.0188. The monoisotopic (exact) mass is 489 g/mol. The standard InChI is InChI=1S/C23H24ClN3O5S/c1-2-26-15-19(23(29)25-14-16-5-3-4-6-20(16)24)22(28)18-13-17(7-8-21(18)26)33(30,31)27-9-11-32-12-10-27/h3-8,13,15H,2,9-12,14H2,1H3,(H,25,29). The number of halogens is 1. The Balaban J connectivity index is 1.72. The van der Waals surface area contributed by atoms with Gasteiger partial charge in [-0.2, -0.15) is 4.31 Å². The molecule has 3 aromatic rings. The summed E-state index contributed by atoms with van der Waals surface area (Å²) in [5.74, 6) is -0.551. The van der Waals surface area contributed by atoms with Crippen molar-refractivity contribution < 1.29 is 17.9 Å². The van der Waals surface area contributed by atoms with Crippen LogP contribution in [-0.4, -0.2) is 49.5 Å². The van der Waals surface area contributed by atoms with Crippen molar-refractivity contribution in [3.8, 4) is 0 Å². The second-order valence-corrected chi connectivity index (χ2v) is 9.97. The predicted molar refractivity (Wildman–Crippen MR) is 126 cm³/mol. The van der Waals surface area contributed by atoms with Crippen LogP contribution in [0.3, 0.4) is 0 Å². The Kier molecular flexibility index (Phi) is 6.85. The van der Waals surface area contributed by atoms with E-state index >= 15 is 0 Å². The molecule has 0 unspecified atom stereocenters. The molecule has 1 N–H and O–H groups in total. The summed E-state index contributed by atoms with van der Waals surface area (Å²) in [7, 11) is -3.78. The second-order valence-electron chi connectivity index (χ2n) is 7.63. The van der Waals surface area contributed by atoms with Gasteiger partial charge in [-0.1, -0.05) is 29.8 Å². The fraction of sp³-hybridized carbons (Fsp3) is 0.304. The second kappa shape index (κ2) is 9.64. The van der Waals surface area contributed by atoms with Crippen LogP contribution >= 0.6 is 11.6 Å². The summed E-state index contributed by atoms with van der Waals surface area (Å²) in [5.41, 5.74) is 0.705. The zero-order valence-corrected chi connectivity index (χ0v) is 19.7. The Morgan fingerprint density at radius 2 is 1.88 bits per heavy atom. The normalized spacial score (nSPS) is 15.0. The van der Waals surface area contributed by atoms with Crippen LogP contribution in [0.15, 0.2) is 58.4 Å². The fourth-order valence-corrected chi connectivity index (χ4v) is 5.45. The van der Waals surface area contributed by atoms with E-state index < -0.39 is 21.4 Å². The summed E-state index contributed by atoms with van der Waals surface area (Å²) in [4.78, 5) is 26.1. The van der Waals surface area contributed by atoms with Crippen LogP contribution in [-0.2, 0) is 27.8 Å². The van der Waals surface area contributed by atoms with Gasteiger partial charge in [0.25, 0.3) is 5.91 Å². The third kappa shape index (κ3) is 4.67. The third-order valence-corrected chi connectivity index (χ3v) is 7.91. The molecule has 10 heteroatoms. The van der Waals surface area contributed by atoms with E-state index in [0.717, 1.165) is 5.56 Å². The van der Waals surface area contributed by atoms with E-state index in [1.165, 1.54) is 22.6 Å². The van der Waals surface area contributed by atoms with E-state index in [1.807, 2.05) is 13.0 Å². The van der Waals surface area contributed by atoms with Gasteiger partial charge in [0.15, 0.2) is 0 Å². The minimum atomic E-state index is -3.78. The number of sulfonamides is 1. The number of hydrogen-bond acceptors (Lipinski definition) is 5. The molecule has 2 heterocycles. The molecule has 0 spiro atoms. The number of hydrogen-bond donors (Lipinski definition) is 1. The van der Waals surface area contributed by atoms with Crippen molar-refractivity contribution in [1.29, 1.82) is 0 Å². The lowest BCUT2D eigenvalue weighted by Gasteiger charge is -2.26. The van der Waals surface area contributed by atoms with E-state index in [1.54, 1.807) is 28.8 Å². The summed E-state index contributed by atoms with van der Waals surface area (Å²) in [6.07, 6.45) is 1.50. The first kappa shape index (κ1) is 23.4. The number of aryl methyl sites for hydroxylation is 1. The summed E-state index contributed by atoms with van der Waals surface area (Å²) in [6, 6.07) is 11.6. The lowest BCUT2D eigenvalue weighted by atomic mass is 10.1. The van der Waals surface area contributed by atoms with E-state index in [0.29, 0.717) is 30.3 Å². The highest BCUT2D eigenvalue weighted by Gasteiger charge is 2.27. The molecule has 1 aliphatic rings. The fourth-order valence-electron chi connectivity index (χ4n) is 3.81. The molecule has 1 amide bonds. The molecular weight excluding hydrogens is 466 g/mol. The smallest absolute Gasteiger partial charge is 0.257 e. The number of nitrogens with zero attached hydrogens (tertiary/aromatic N) is 2. The summed E-state index contributed by atoms with van der Waals surface area (Å²) < 4.78 is 34.5. The number of amides is 1. The maximum absolute atomic E-state index is 13.2. The molecule has 1 aliphatic heterocycles. The molecule has 33 heavy (non-hydrogen) atoms. The third-order valence-electron chi connectivity index (χ3n) is 5.64. The number of pyridine rings is 1. The number of rotatable bonds is 6. The van der Waals surface area contributed by atoms with Crippen molar-refractivity contribution in [3.63, 3.8) is 0 Å². The Hall–Kier alpha value is -2.72. The van der Waals surface area contributed by atoms with Crippen molar-refractivity contribution in [1.82, 2.24) is 14.2 Å². The first-order valence-corrected chi connectivity index (χ1v) is 12.4. The highest BCUT2D eigenvalue weighted by molar-refractivity contribution is 7.89. The molecular formula is C23H24ClN3O5S. The molecule has 2 aromatic carbocycles. The quantitative estimate of drug-likeness (QED) is 0.574. The average Bonchev–Trinajstić information content (AvgIpc) is 2.84. The zero-order chi connectivity index (χ0) is 23.6. The van der Waals surface area contributed by atoms with Crippen molar-refractivity contribution in [2.45, 2.75) is 24.9 Å². The molecule has 174 valence electrons. The molecule has 1 saturated heterocycles. The predicted octanol–water partition coefficient (Wildman–Crippen LogP) is 2.63. The molecule has 8 nitrogen and oxygen atoms in total. The van der Waals surface area contributed by atoms with Gasteiger partial charge in [0.1, 0.15) is 5.56 Å². The van der Waals surface area contributed by atoms with Crippen molar-refractivity contribution in [2.75, 3.05) is 26.3 Å². The summed E-state index contributed by atoms with van der Waals surface area (Å²) >= 11 is 6.15. The molecule has 1 aromatic heterocycles. The van der Waals surface area contributed by atoms with Crippen LogP contribution in [0.5, 0.6) is 0 Å². The number of nitrogens with one attached hydrogen (secondary N) is 1. The van der Waals surface area contributed by atoms with Crippen LogP contribution in [0.1, 0.15) is 22.8 Å². The maximum atomic E-state index is 13.2. The van der Waals surface area contributed by atoms with Crippen molar-refractivity contribution in [3.05, 3.63) is 75.0 Å². The largest absolute Gasteiger partial charge is 0.379 e. The van der Waals surface area contributed by atoms with Gasteiger partial charge < -0.3 is 14.6 Å². The highest BCUT2D eigenvalue weighted by atomic mass is 35.5. The van der Waals surface area contributed by atoms with Crippen LogP contribution in [0.25, 0.3) is 10.9 Å². The lowest BCUT2D eigenvalue weighted by molar-refractivity contribution is 0.0730. The first-order chi connectivity index (χ1) is 15.8. The topological polar surface area (TPSA) is 97.7 Å². The number of carbonyl (C=O) groups excluding carboxylic acids is 1. The Morgan fingerprint density at radius 1 is 1.15 bits per heavy atom. The van der Waals surface area contributed by atoms with Crippen LogP contribution < -0.4 is 10.7 Å². The van der Waals surface area contributed by atoms with Crippen LogP contribution in [0.2, 0.25) is 5.02 Å². The Labute approximate surface area is 196 Å². The van der Waals surface area contributed by atoms with Gasteiger partial charge in [-0.05, 0) is 36.8 Å². The van der Waals surface area contributed by atoms with E-state index in [9.17, 15) is 18.0 Å². The van der Waals surface area contributed by atoms with Gasteiger partial charge >= 0.3 is 0 Å². The maximum Gasteiger partial charge on any atom is 0.257 e. The number of ether oxygens (including phenoxy) is 1. The number of morpholine rings is 1. The van der Waals surface area contributed by atoms with Crippen LogP contribution in [0.4, 0.5) is 0 Å². The van der Waals surface area contributed by atoms with Crippen molar-refractivity contribution in [2.24, 2.45) is 0 Å². The van der Waals surface area contributed by atoms with Gasteiger partial charge in [0.2, 0.25) is 15.5 Å². The molecule has 0 radical (unpaired) electrons. The zero-order valence-electron chi connectivity index (χ0n) is 18.1. The number of carbonyl (C=O) groups is 1. The molecule has 1 fully saturated rings. The Bertz CT molecular complexity index is 1360. The van der Waals surface area contributed by atoms with E-state index in [2.05, 4.69) is 5.32 Å². The summed E-state index contributed by atoms with van der Waals surface area (Å²) in [6.45, 7) is 3.70. The van der Waals surface area contributed by atoms with Gasteiger partial charge in [-0.25, -0.2) is 8.42 Å². The van der Waals surface area contributed by atoms with Crippen molar-refractivity contribution >= 4 is 38.4 Å². The highest BCUT2D eigenvalue weighted by Crippen LogP contribution is 2.22. The molecule has 4 rings (SSSR count). The first-order valence-electron chi connectivity index (χ1n) is 10.6. The Morgan fingerprint density at radius 3 is 2.58 bits per heavy atom. The van der Waals surface area contributed by atoms with Gasteiger partial charge in [0, 0.05) is 42.8 Å². The van der Waals surface area contributed by atoms with Gasteiger partial charge in [-0.3, -0.25) is 9.59 Å². The molecule has 0 atom stereocenters. The van der Waals surface area contributed by atoms with Crippen LogP contribution in [0, 0.1) is 0 Å². The van der Waals surface area contributed by atoms with Gasteiger partial charge in [0.05, 0.1) is 23.6 Å². The average molecular weight is 490 g/mol. The number of benzene rings is 2. The number of aromatic nitrogens is 1. The minimum Gasteiger partial charge on any atom is -0.379 e. The molecule has 0 bridgehead atoms. The molecule has 0 saturated carbocycles. The van der Waals surface area contributed by atoms with E-state index in [-0.39, 0.29) is 35.5 Å². The van der Waals surface area contributed by atoms with Gasteiger partial charge in [-0.15, -0.1) is 0 Å². The summed E-state index contributed by atoms with van der Waals surface area (Å²) in [5, 5.41) is 3.42.